The van der Waals surface area contributed by atoms with Gasteiger partial charge in [-0.25, -0.2) is 13.1 Å². The number of carbonyl (C=O) groups excluding carboxylic acids is 1. The highest BCUT2D eigenvalue weighted by Crippen LogP contribution is 2.10. The van der Waals surface area contributed by atoms with E-state index >= 15 is 0 Å². The molecular weight excluding hydrogens is 230 g/mol. The summed E-state index contributed by atoms with van der Waals surface area (Å²) in [4.78, 5) is 11.5. The van der Waals surface area contributed by atoms with Crippen molar-refractivity contribution in [3.63, 3.8) is 0 Å². The van der Waals surface area contributed by atoms with Gasteiger partial charge in [-0.1, -0.05) is 6.92 Å². The van der Waals surface area contributed by atoms with Crippen LogP contribution in [0.1, 0.15) is 13.3 Å². The van der Waals surface area contributed by atoms with Gasteiger partial charge in [0.25, 0.3) is 0 Å². The molecule has 0 aliphatic carbocycles. The normalized spacial score (nSPS) is 26.4. The highest BCUT2D eigenvalue weighted by Gasteiger charge is 2.24. The minimum atomic E-state index is -3.47. The smallest absolute Gasteiger partial charge is 0.236 e. The van der Waals surface area contributed by atoms with E-state index in [1.54, 1.807) is 0 Å². The van der Waals surface area contributed by atoms with Gasteiger partial charge in [0.15, 0.2) is 0 Å². The maximum absolute atomic E-state index is 11.5. The Kier molecular flexibility index (Phi) is 4.69. The summed E-state index contributed by atoms with van der Waals surface area (Å²) in [5.41, 5.74) is 0. The molecule has 1 amide bonds. The molecule has 2 unspecified atom stereocenters. The summed E-state index contributed by atoms with van der Waals surface area (Å²) in [7, 11) is -2.17. The van der Waals surface area contributed by atoms with Gasteiger partial charge in [-0.2, -0.15) is 0 Å². The second kappa shape index (κ2) is 5.60. The summed E-state index contributed by atoms with van der Waals surface area (Å²) in [6.07, 6.45) is 0.990. The number of hydrogen-bond acceptors (Lipinski definition) is 4. The molecule has 0 aromatic heterocycles. The topological polar surface area (TPSA) is 87.3 Å². The molecule has 16 heavy (non-hydrogen) atoms. The summed E-state index contributed by atoms with van der Waals surface area (Å²) >= 11 is 0. The molecule has 1 aliphatic rings. The molecule has 1 aliphatic heterocycles. The number of piperidine rings is 1. The molecule has 3 N–H and O–H groups in total. The minimum Gasteiger partial charge on any atom is -0.351 e. The molecule has 0 saturated carbocycles. The molecule has 0 spiro atoms. The van der Waals surface area contributed by atoms with E-state index in [1.165, 1.54) is 7.05 Å². The first-order valence-corrected chi connectivity index (χ1v) is 7.01. The monoisotopic (exact) mass is 249 g/mol. The van der Waals surface area contributed by atoms with Crippen LogP contribution in [0.2, 0.25) is 0 Å². The third-order valence-corrected chi connectivity index (χ3v) is 4.07. The van der Waals surface area contributed by atoms with Crippen LogP contribution in [-0.2, 0) is 14.8 Å². The van der Waals surface area contributed by atoms with Crippen molar-refractivity contribution in [3.8, 4) is 0 Å². The lowest BCUT2D eigenvalue weighted by Gasteiger charge is -2.30. The Morgan fingerprint density at radius 1 is 1.50 bits per heavy atom. The fourth-order valence-electron chi connectivity index (χ4n) is 1.68. The Balaban J connectivity index is 2.45. The molecule has 0 aromatic carbocycles. The zero-order chi connectivity index (χ0) is 12.2. The van der Waals surface area contributed by atoms with Gasteiger partial charge in [0.1, 0.15) is 5.75 Å². The zero-order valence-corrected chi connectivity index (χ0v) is 10.4. The molecule has 0 bridgehead atoms. The Morgan fingerprint density at radius 3 is 2.75 bits per heavy atom. The van der Waals surface area contributed by atoms with Gasteiger partial charge < -0.3 is 10.6 Å². The van der Waals surface area contributed by atoms with Crippen molar-refractivity contribution >= 4 is 15.9 Å². The maximum atomic E-state index is 11.5. The van der Waals surface area contributed by atoms with E-state index in [1.807, 2.05) is 0 Å². The highest BCUT2D eigenvalue weighted by atomic mass is 32.2. The molecular formula is C9H19N3O3S. The maximum Gasteiger partial charge on any atom is 0.236 e. The van der Waals surface area contributed by atoms with Crippen LogP contribution in [0.3, 0.4) is 0 Å². The lowest BCUT2D eigenvalue weighted by Crippen LogP contribution is -2.51. The Morgan fingerprint density at radius 2 is 2.19 bits per heavy atom. The summed E-state index contributed by atoms with van der Waals surface area (Å²) in [5, 5.41) is 5.91. The Hall–Kier alpha value is -0.660. The van der Waals surface area contributed by atoms with Crippen LogP contribution < -0.4 is 15.4 Å². The first-order chi connectivity index (χ1) is 7.44. The summed E-state index contributed by atoms with van der Waals surface area (Å²) in [6, 6.07) is 0.0216. The summed E-state index contributed by atoms with van der Waals surface area (Å²) < 4.78 is 24.4. The lowest BCUT2D eigenvalue weighted by atomic mass is 9.95. The van der Waals surface area contributed by atoms with E-state index in [9.17, 15) is 13.2 Å². The minimum absolute atomic E-state index is 0.0216. The van der Waals surface area contributed by atoms with Gasteiger partial charge in [-0.3, -0.25) is 4.79 Å². The Bertz CT molecular complexity index is 342. The van der Waals surface area contributed by atoms with Gasteiger partial charge in [0, 0.05) is 12.6 Å². The van der Waals surface area contributed by atoms with Crippen LogP contribution in [0.4, 0.5) is 0 Å². The van der Waals surface area contributed by atoms with Crippen LogP contribution in [0.25, 0.3) is 0 Å². The van der Waals surface area contributed by atoms with E-state index in [4.69, 9.17) is 0 Å². The van der Waals surface area contributed by atoms with Crippen molar-refractivity contribution in [2.24, 2.45) is 5.92 Å². The quantitative estimate of drug-likeness (QED) is 0.575. The van der Waals surface area contributed by atoms with Gasteiger partial charge in [-0.15, -0.1) is 0 Å². The van der Waals surface area contributed by atoms with Crippen LogP contribution in [0.5, 0.6) is 0 Å². The number of sulfonamides is 1. The van der Waals surface area contributed by atoms with Crippen molar-refractivity contribution in [2.75, 3.05) is 25.9 Å². The summed E-state index contributed by atoms with van der Waals surface area (Å²) in [5.74, 6) is -0.579. The van der Waals surface area contributed by atoms with Crippen LogP contribution in [-0.4, -0.2) is 46.3 Å². The number of rotatable bonds is 4. The molecule has 1 heterocycles. The van der Waals surface area contributed by atoms with Crippen molar-refractivity contribution in [2.45, 2.75) is 19.4 Å². The number of amides is 1. The molecule has 1 rings (SSSR count). The van der Waals surface area contributed by atoms with Gasteiger partial charge in [0.05, 0.1) is 0 Å². The SMILES string of the molecule is CNS(=O)(=O)CC(=O)NC1CNCCC1C. The average Bonchev–Trinajstić information content (AvgIpc) is 2.21. The molecule has 94 valence electrons. The number of carbonyl (C=O) groups is 1. The number of hydrogen-bond donors (Lipinski definition) is 3. The van der Waals surface area contributed by atoms with Crippen LogP contribution >= 0.6 is 0 Å². The molecule has 2 atom stereocenters. The molecule has 0 radical (unpaired) electrons. The fraction of sp³-hybridized carbons (Fsp3) is 0.889. The first-order valence-electron chi connectivity index (χ1n) is 5.36. The lowest BCUT2D eigenvalue weighted by molar-refractivity contribution is -0.119. The van der Waals surface area contributed by atoms with Crippen molar-refractivity contribution < 1.29 is 13.2 Å². The van der Waals surface area contributed by atoms with E-state index < -0.39 is 21.7 Å². The van der Waals surface area contributed by atoms with Crippen LogP contribution in [0, 0.1) is 5.92 Å². The second-order valence-electron chi connectivity index (χ2n) is 4.11. The predicted octanol–water partition coefficient (Wildman–Crippen LogP) is -1.35. The van der Waals surface area contributed by atoms with Crippen molar-refractivity contribution in [3.05, 3.63) is 0 Å². The van der Waals surface area contributed by atoms with Gasteiger partial charge in [-0.05, 0) is 25.9 Å². The van der Waals surface area contributed by atoms with Crippen molar-refractivity contribution in [1.82, 2.24) is 15.4 Å². The summed E-state index contributed by atoms with van der Waals surface area (Å²) in [6.45, 7) is 3.70. The first kappa shape index (κ1) is 13.4. The zero-order valence-electron chi connectivity index (χ0n) is 9.62. The molecule has 6 nitrogen and oxygen atoms in total. The third kappa shape index (κ3) is 4.07. The predicted molar refractivity (Wildman–Crippen MR) is 61.4 cm³/mol. The van der Waals surface area contributed by atoms with Crippen LogP contribution in [0.15, 0.2) is 0 Å². The van der Waals surface area contributed by atoms with E-state index in [0.717, 1.165) is 13.0 Å². The van der Waals surface area contributed by atoms with E-state index in [-0.39, 0.29) is 6.04 Å². The molecule has 1 fully saturated rings. The largest absolute Gasteiger partial charge is 0.351 e. The molecule has 7 heteroatoms. The third-order valence-electron chi connectivity index (χ3n) is 2.81. The van der Waals surface area contributed by atoms with Gasteiger partial charge >= 0.3 is 0 Å². The van der Waals surface area contributed by atoms with Gasteiger partial charge in [0.2, 0.25) is 15.9 Å². The second-order valence-corrected chi connectivity index (χ2v) is 6.03. The van der Waals surface area contributed by atoms with E-state index in [2.05, 4.69) is 22.3 Å². The molecule has 1 saturated heterocycles. The fourth-order valence-corrected chi connectivity index (χ4v) is 2.25. The van der Waals surface area contributed by atoms with E-state index in [0.29, 0.717) is 12.5 Å². The van der Waals surface area contributed by atoms with Crippen molar-refractivity contribution in [1.29, 1.82) is 0 Å². The highest BCUT2D eigenvalue weighted by molar-refractivity contribution is 7.90. The number of nitrogens with one attached hydrogen (secondary N) is 3. The Labute approximate surface area is 96.2 Å². The average molecular weight is 249 g/mol. The standard InChI is InChI=1S/C9H19N3O3S/c1-7-3-4-11-5-8(7)12-9(13)6-16(14,15)10-2/h7-8,10-11H,3-6H2,1-2H3,(H,12,13). The molecule has 0 aromatic rings.